The van der Waals surface area contributed by atoms with Gasteiger partial charge in [0.15, 0.2) is 5.82 Å². The van der Waals surface area contributed by atoms with Crippen molar-refractivity contribution in [3.05, 3.63) is 11.7 Å². The minimum atomic E-state index is -0.133. The van der Waals surface area contributed by atoms with Crippen molar-refractivity contribution in [2.24, 2.45) is 11.7 Å². The molecule has 0 amide bonds. The van der Waals surface area contributed by atoms with Crippen molar-refractivity contribution in [3.8, 4) is 0 Å². The zero-order chi connectivity index (χ0) is 11.4. The van der Waals surface area contributed by atoms with Crippen molar-refractivity contribution >= 4 is 0 Å². The predicted octanol–water partition coefficient (Wildman–Crippen LogP) is 2.60. The number of hydrogen-bond acceptors (Lipinski definition) is 4. The number of hydrogen-bond donors (Lipinski definition) is 1. The maximum atomic E-state index is 5.70. The number of nitrogens with zero attached hydrogens (tertiary/aromatic N) is 2. The summed E-state index contributed by atoms with van der Waals surface area (Å²) in [5.74, 6) is 2.12. The molecule has 4 nitrogen and oxygen atoms in total. The van der Waals surface area contributed by atoms with E-state index in [-0.39, 0.29) is 6.04 Å². The van der Waals surface area contributed by atoms with Gasteiger partial charge in [0, 0.05) is 6.42 Å². The van der Waals surface area contributed by atoms with E-state index in [1.807, 2.05) is 6.92 Å². The molecule has 0 radical (unpaired) electrons. The topological polar surface area (TPSA) is 64.9 Å². The van der Waals surface area contributed by atoms with Crippen molar-refractivity contribution in [2.75, 3.05) is 0 Å². The van der Waals surface area contributed by atoms with Crippen molar-refractivity contribution in [3.63, 3.8) is 0 Å². The van der Waals surface area contributed by atoms with Crippen LogP contribution in [0.2, 0.25) is 0 Å². The van der Waals surface area contributed by atoms with E-state index in [1.165, 1.54) is 38.5 Å². The van der Waals surface area contributed by atoms with Gasteiger partial charge in [-0.15, -0.1) is 0 Å². The molecule has 1 unspecified atom stereocenters. The van der Waals surface area contributed by atoms with Crippen molar-refractivity contribution in [2.45, 2.75) is 57.9 Å². The zero-order valence-electron chi connectivity index (χ0n) is 9.98. The van der Waals surface area contributed by atoms with E-state index in [1.54, 1.807) is 0 Å². The van der Waals surface area contributed by atoms with Gasteiger partial charge in [0.1, 0.15) is 0 Å². The van der Waals surface area contributed by atoms with Crippen molar-refractivity contribution in [1.29, 1.82) is 0 Å². The Morgan fingerprint density at radius 2 is 2.00 bits per heavy atom. The molecule has 0 saturated heterocycles. The molecule has 0 aliphatic heterocycles. The van der Waals surface area contributed by atoms with Crippen LogP contribution in [0.1, 0.15) is 63.2 Å². The Bertz CT molecular complexity index is 314. The lowest BCUT2D eigenvalue weighted by atomic mass is 9.97. The molecule has 0 bridgehead atoms. The molecule has 0 spiro atoms. The Kier molecular flexibility index (Phi) is 3.93. The van der Waals surface area contributed by atoms with Gasteiger partial charge in [-0.2, -0.15) is 4.98 Å². The Balaban J connectivity index is 1.91. The molecular weight excluding hydrogens is 202 g/mol. The maximum Gasteiger partial charge on any atom is 0.226 e. The third-order valence-corrected chi connectivity index (χ3v) is 3.33. The van der Waals surface area contributed by atoms with E-state index >= 15 is 0 Å². The Morgan fingerprint density at radius 3 is 2.56 bits per heavy atom. The van der Waals surface area contributed by atoms with Crippen molar-refractivity contribution < 1.29 is 4.52 Å². The van der Waals surface area contributed by atoms with Crippen LogP contribution in [-0.2, 0) is 6.42 Å². The summed E-state index contributed by atoms with van der Waals surface area (Å²) in [5, 5.41) is 3.89. The van der Waals surface area contributed by atoms with Crippen LogP contribution in [0.15, 0.2) is 4.52 Å². The van der Waals surface area contributed by atoms with E-state index in [0.717, 1.165) is 18.2 Å². The van der Waals surface area contributed by atoms with Gasteiger partial charge < -0.3 is 10.3 Å². The lowest BCUT2D eigenvalue weighted by Crippen LogP contribution is -2.08. The second-order valence-electron chi connectivity index (χ2n) is 4.90. The number of nitrogens with two attached hydrogens (primary N) is 1. The minimum Gasteiger partial charge on any atom is -0.339 e. The van der Waals surface area contributed by atoms with Gasteiger partial charge in [-0.25, -0.2) is 0 Å². The Hall–Kier alpha value is -0.900. The second kappa shape index (κ2) is 5.43. The fourth-order valence-electron chi connectivity index (χ4n) is 2.35. The molecule has 1 heterocycles. The molecule has 1 aliphatic rings. The van der Waals surface area contributed by atoms with E-state index < -0.39 is 0 Å². The minimum absolute atomic E-state index is 0.133. The van der Waals surface area contributed by atoms with Crippen LogP contribution in [0, 0.1) is 5.92 Å². The molecule has 1 aromatic heterocycles. The van der Waals surface area contributed by atoms with Crippen LogP contribution in [-0.4, -0.2) is 10.1 Å². The van der Waals surface area contributed by atoms with Gasteiger partial charge in [0.05, 0.1) is 6.04 Å². The highest BCUT2D eigenvalue weighted by Gasteiger charge is 2.17. The molecule has 90 valence electrons. The van der Waals surface area contributed by atoms with Gasteiger partial charge in [-0.3, -0.25) is 0 Å². The Labute approximate surface area is 96.6 Å². The molecule has 1 aromatic rings. The second-order valence-corrected chi connectivity index (χ2v) is 4.90. The molecule has 1 fully saturated rings. The third kappa shape index (κ3) is 3.04. The van der Waals surface area contributed by atoms with Crippen LogP contribution in [0.5, 0.6) is 0 Å². The quantitative estimate of drug-likeness (QED) is 0.800. The summed E-state index contributed by atoms with van der Waals surface area (Å²) in [6.07, 6.45) is 8.99. The summed E-state index contributed by atoms with van der Waals surface area (Å²) in [7, 11) is 0. The summed E-state index contributed by atoms with van der Waals surface area (Å²) in [5.41, 5.74) is 5.70. The summed E-state index contributed by atoms with van der Waals surface area (Å²) in [6.45, 7) is 1.88. The van der Waals surface area contributed by atoms with Crippen LogP contribution in [0.25, 0.3) is 0 Å². The van der Waals surface area contributed by atoms with Crippen LogP contribution >= 0.6 is 0 Å². The highest BCUT2D eigenvalue weighted by atomic mass is 16.5. The first kappa shape index (κ1) is 11.6. The predicted molar refractivity (Wildman–Crippen MR) is 61.8 cm³/mol. The van der Waals surface area contributed by atoms with E-state index in [4.69, 9.17) is 10.3 Å². The summed E-state index contributed by atoms with van der Waals surface area (Å²) in [6, 6.07) is -0.133. The molecule has 2 N–H and O–H groups in total. The first-order valence-corrected chi connectivity index (χ1v) is 6.34. The van der Waals surface area contributed by atoms with Gasteiger partial charge >= 0.3 is 0 Å². The van der Waals surface area contributed by atoms with E-state index in [2.05, 4.69) is 10.1 Å². The fourth-order valence-corrected chi connectivity index (χ4v) is 2.35. The van der Waals surface area contributed by atoms with E-state index in [0.29, 0.717) is 5.82 Å². The number of rotatable bonds is 3. The highest BCUT2D eigenvalue weighted by Crippen LogP contribution is 2.25. The lowest BCUT2D eigenvalue weighted by Gasteiger charge is -2.09. The third-order valence-electron chi connectivity index (χ3n) is 3.33. The molecule has 2 rings (SSSR count). The maximum absolute atomic E-state index is 5.70. The van der Waals surface area contributed by atoms with Gasteiger partial charge in [-0.1, -0.05) is 30.8 Å². The normalized spacial score (nSPS) is 20.6. The van der Waals surface area contributed by atoms with Gasteiger partial charge in [0.25, 0.3) is 0 Å². The highest BCUT2D eigenvalue weighted by molar-refractivity contribution is 4.92. The average Bonchev–Trinajstić information content (AvgIpc) is 2.56. The summed E-state index contributed by atoms with van der Waals surface area (Å²) in [4.78, 5) is 4.33. The molecule has 1 aliphatic carbocycles. The average molecular weight is 223 g/mol. The monoisotopic (exact) mass is 223 g/mol. The molecule has 0 aromatic carbocycles. The summed E-state index contributed by atoms with van der Waals surface area (Å²) >= 11 is 0. The van der Waals surface area contributed by atoms with Crippen LogP contribution in [0.3, 0.4) is 0 Å². The standard InChI is InChI=1S/C12H21N3O/c1-9(13)12-14-11(16-15-12)8-10-6-4-2-3-5-7-10/h9-10H,2-8,13H2,1H3. The SMILES string of the molecule is CC(N)c1noc(CC2CCCCCC2)n1. The van der Waals surface area contributed by atoms with Crippen LogP contribution < -0.4 is 5.73 Å². The Morgan fingerprint density at radius 1 is 1.31 bits per heavy atom. The van der Waals surface area contributed by atoms with Crippen LogP contribution in [0.4, 0.5) is 0 Å². The molecular formula is C12H21N3O. The largest absolute Gasteiger partial charge is 0.339 e. The van der Waals surface area contributed by atoms with Gasteiger partial charge in [0.2, 0.25) is 5.89 Å². The zero-order valence-corrected chi connectivity index (χ0v) is 9.98. The molecule has 1 atom stereocenters. The smallest absolute Gasteiger partial charge is 0.226 e. The van der Waals surface area contributed by atoms with E-state index in [9.17, 15) is 0 Å². The van der Waals surface area contributed by atoms with Gasteiger partial charge in [-0.05, 0) is 25.7 Å². The summed E-state index contributed by atoms with van der Waals surface area (Å²) < 4.78 is 5.23. The lowest BCUT2D eigenvalue weighted by molar-refractivity contribution is 0.335. The van der Waals surface area contributed by atoms with Crippen molar-refractivity contribution in [1.82, 2.24) is 10.1 Å². The first-order chi connectivity index (χ1) is 7.75. The fraction of sp³-hybridized carbons (Fsp3) is 0.833. The molecule has 16 heavy (non-hydrogen) atoms. The first-order valence-electron chi connectivity index (χ1n) is 6.34. The molecule has 1 saturated carbocycles. The number of aromatic nitrogens is 2. The molecule has 4 heteroatoms.